The van der Waals surface area contributed by atoms with Gasteiger partial charge in [-0.15, -0.1) is 0 Å². The first-order valence-electron chi connectivity index (χ1n) is 8.61. The smallest absolute Gasteiger partial charge is 0.249 e. The van der Waals surface area contributed by atoms with E-state index in [1.165, 1.54) is 7.11 Å². The van der Waals surface area contributed by atoms with E-state index in [-0.39, 0.29) is 20.0 Å². The van der Waals surface area contributed by atoms with Crippen LogP contribution >= 0.6 is 0 Å². The Labute approximate surface area is 161 Å². The minimum Gasteiger partial charge on any atom is -0.493 e. The van der Waals surface area contributed by atoms with Crippen molar-refractivity contribution >= 4 is 0 Å². The van der Waals surface area contributed by atoms with E-state index >= 15 is 0 Å². The topological polar surface area (TPSA) is 94.1 Å². The van der Waals surface area contributed by atoms with E-state index in [2.05, 4.69) is 0 Å². The lowest BCUT2D eigenvalue weighted by atomic mass is 9.95. The lowest BCUT2D eigenvalue weighted by Gasteiger charge is -2.21. The first-order chi connectivity index (χ1) is 13.7. The van der Waals surface area contributed by atoms with Gasteiger partial charge in [0.05, 0.1) is 14.2 Å². The molecule has 0 radical (unpaired) electrons. The summed E-state index contributed by atoms with van der Waals surface area (Å²) in [5.74, 6) is 2.07. The van der Waals surface area contributed by atoms with Gasteiger partial charge in [0, 0.05) is 5.56 Å². The van der Waals surface area contributed by atoms with Crippen LogP contribution in [-0.2, 0) is 19.6 Å². The van der Waals surface area contributed by atoms with E-state index in [4.69, 9.17) is 38.5 Å². The third-order valence-electron chi connectivity index (χ3n) is 4.41. The highest BCUT2D eigenvalue weighted by molar-refractivity contribution is 5.53. The van der Waals surface area contributed by atoms with Crippen molar-refractivity contribution in [3.8, 4) is 23.0 Å². The average molecular weight is 392 g/mol. The van der Waals surface area contributed by atoms with Gasteiger partial charge < -0.3 is 24.1 Å². The highest BCUT2D eigenvalue weighted by atomic mass is 17.3. The van der Waals surface area contributed by atoms with Crippen molar-refractivity contribution in [2.45, 2.75) is 12.4 Å². The van der Waals surface area contributed by atoms with Crippen LogP contribution < -0.4 is 18.9 Å². The first-order valence-corrected chi connectivity index (χ1v) is 8.61. The summed E-state index contributed by atoms with van der Waals surface area (Å²) in [7, 11) is 3.08. The molecule has 9 nitrogen and oxygen atoms in total. The fraction of sp³-hybridized carbons (Fsp3) is 0.368. The van der Waals surface area contributed by atoms with Crippen LogP contribution in [0.3, 0.4) is 0 Å². The Morgan fingerprint density at radius 2 is 1.61 bits per heavy atom. The van der Waals surface area contributed by atoms with Crippen LogP contribution in [-0.4, -0.2) is 39.3 Å². The number of aliphatic hydroxyl groups excluding tert-OH is 1. The first kappa shape index (κ1) is 18.8. The van der Waals surface area contributed by atoms with E-state index in [0.29, 0.717) is 39.7 Å². The van der Waals surface area contributed by atoms with Crippen molar-refractivity contribution in [2.75, 3.05) is 34.2 Å². The quantitative estimate of drug-likeness (QED) is 0.770. The van der Waals surface area contributed by atoms with Crippen LogP contribution in [0, 0.1) is 0 Å². The van der Waals surface area contributed by atoms with Gasteiger partial charge in [-0.1, -0.05) is 6.07 Å². The molecule has 0 spiro atoms. The number of rotatable bonds is 5. The van der Waals surface area contributed by atoms with Gasteiger partial charge in [-0.05, 0) is 35.4 Å². The van der Waals surface area contributed by atoms with E-state index < -0.39 is 12.4 Å². The van der Waals surface area contributed by atoms with Gasteiger partial charge in [-0.25, -0.2) is 9.78 Å². The van der Waals surface area contributed by atoms with Gasteiger partial charge >= 0.3 is 0 Å². The van der Waals surface area contributed by atoms with E-state index in [1.807, 2.05) is 0 Å². The minimum absolute atomic E-state index is 0.0874. The number of fused-ring (bicyclic) bond motifs is 1. The summed E-state index contributed by atoms with van der Waals surface area (Å²) in [6.07, 6.45) is -2.05. The zero-order chi connectivity index (χ0) is 19.5. The molecule has 0 aromatic heterocycles. The molecule has 0 amide bonds. The molecule has 2 aliphatic rings. The molecule has 150 valence electrons. The zero-order valence-electron chi connectivity index (χ0n) is 15.4. The molecular weight excluding hydrogens is 372 g/mol. The predicted molar refractivity (Wildman–Crippen MR) is 93.0 cm³/mol. The van der Waals surface area contributed by atoms with Crippen LogP contribution in [0.25, 0.3) is 0 Å². The van der Waals surface area contributed by atoms with Crippen LogP contribution in [0.5, 0.6) is 23.0 Å². The maximum Gasteiger partial charge on any atom is 0.249 e. The minimum atomic E-state index is -1.04. The zero-order valence-corrected chi connectivity index (χ0v) is 15.4. The maximum absolute atomic E-state index is 11.1. The second-order valence-electron chi connectivity index (χ2n) is 6.02. The second kappa shape index (κ2) is 8.21. The lowest BCUT2D eigenvalue weighted by Crippen LogP contribution is -2.12. The molecule has 0 saturated carbocycles. The Bertz CT molecular complexity index is 830. The molecule has 1 unspecified atom stereocenters. The molecule has 1 N–H and O–H groups in total. The van der Waals surface area contributed by atoms with Crippen LogP contribution in [0.4, 0.5) is 0 Å². The number of benzene rings is 2. The predicted octanol–water partition coefficient (Wildman–Crippen LogP) is 2.42. The normalized spacial score (nSPS) is 17.8. The van der Waals surface area contributed by atoms with Crippen molar-refractivity contribution in [1.82, 2.24) is 0 Å². The molecule has 2 aromatic carbocycles. The number of aliphatic hydroxyl groups is 1. The average Bonchev–Trinajstić information content (AvgIpc) is 3.03. The SMILES string of the molecule is COc1ccc(C(O)c2cc3c(cc2C2OOCCOO2)OCO3)cc1OC. The summed E-state index contributed by atoms with van der Waals surface area (Å²) in [5.41, 5.74) is 1.54. The Morgan fingerprint density at radius 3 is 2.29 bits per heavy atom. The van der Waals surface area contributed by atoms with Crippen molar-refractivity contribution in [2.24, 2.45) is 0 Å². The van der Waals surface area contributed by atoms with Crippen molar-refractivity contribution < 1.29 is 43.6 Å². The maximum atomic E-state index is 11.1. The molecule has 2 aliphatic heterocycles. The van der Waals surface area contributed by atoms with Gasteiger partial charge in [0.25, 0.3) is 0 Å². The fourth-order valence-corrected chi connectivity index (χ4v) is 3.02. The lowest BCUT2D eigenvalue weighted by molar-refractivity contribution is -0.430. The third kappa shape index (κ3) is 3.58. The molecule has 9 heteroatoms. The molecular formula is C19H20O9. The van der Waals surface area contributed by atoms with E-state index in [9.17, 15) is 5.11 Å². The van der Waals surface area contributed by atoms with Gasteiger partial charge in [0.15, 0.2) is 23.0 Å². The molecule has 1 fully saturated rings. The number of hydrogen-bond donors (Lipinski definition) is 1. The molecule has 1 saturated heterocycles. The monoisotopic (exact) mass is 392 g/mol. The standard InChI is InChI=1S/C19H20O9/c1-21-14-4-3-11(7-15(14)22-2)18(20)12-8-16-17(24-10-23-16)9-13(12)19-27-25-5-6-26-28-19/h3-4,7-9,18-20H,5-6,10H2,1-2H3. The molecule has 2 heterocycles. The van der Waals surface area contributed by atoms with Crippen molar-refractivity contribution in [3.63, 3.8) is 0 Å². The number of ether oxygens (including phenoxy) is 4. The molecule has 4 rings (SSSR count). The molecule has 1 atom stereocenters. The summed E-state index contributed by atoms with van der Waals surface area (Å²) in [6, 6.07) is 8.50. The second-order valence-corrected chi connectivity index (χ2v) is 6.02. The summed E-state index contributed by atoms with van der Waals surface area (Å²) in [5, 5.41) is 11.1. The molecule has 0 bridgehead atoms. The third-order valence-corrected chi connectivity index (χ3v) is 4.41. The van der Waals surface area contributed by atoms with Gasteiger partial charge in [-0.3, -0.25) is 0 Å². The Hall–Kier alpha value is -2.56. The van der Waals surface area contributed by atoms with Gasteiger partial charge in [-0.2, -0.15) is 9.78 Å². The summed E-state index contributed by atoms with van der Waals surface area (Å²) >= 11 is 0. The number of methoxy groups -OCH3 is 2. The summed E-state index contributed by atoms with van der Waals surface area (Å²) in [6.45, 7) is 0.521. The number of hydrogen-bond acceptors (Lipinski definition) is 9. The molecule has 28 heavy (non-hydrogen) atoms. The highest BCUT2D eigenvalue weighted by Gasteiger charge is 2.30. The van der Waals surface area contributed by atoms with Gasteiger partial charge in [0.2, 0.25) is 13.1 Å². The van der Waals surface area contributed by atoms with Gasteiger partial charge in [0.1, 0.15) is 19.3 Å². The Balaban J connectivity index is 1.75. The van der Waals surface area contributed by atoms with Crippen LogP contribution in [0.1, 0.15) is 29.1 Å². The Kier molecular flexibility index (Phi) is 5.51. The largest absolute Gasteiger partial charge is 0.493 e. The highest BCUT2D eigenvalue weighted by Crippen LogP contribution is 2.42. The summed E-state index contributed by atoms with van der Waals surface area (Å²) in [4.78, 5) is 20.6. The van der Waals surface area contributed by atoms with Crippen molar-refractivity contribution in [3.05, 3.63) is 47.0 Å². The van der Waals surface area contributed by atoms with E-state index in [1.54, 1.807) is 37.4 Å². The Morgan fingerprint density at radius 1 is 0.929 bits per heavy atom. The summed E-state index contributed by atoms with van der Waals surface area (Å²) < 4.78 is 21.5. The molecule has 0 aliphatic carbocycles. The molecule has 2 aromatic rings. The van der Waals surface area contributed by atoms with Crippen molar-refractivity contribution in [1.29, 1.82) is 0 Å². The van der Waals surface area contributed by atoms with Crippen LogP contribution in [0.15, 0.2) is 30.3 Å². The fourth-order valence-electron chi connectivity index (χ4n) is 3.02. The van der Waals surface area contributed by atoms with E-state index in [0.717, 1.165) is 0 Å². The van der Waals surface area contributed by atoms with Crippen LogP contribution in [0.2, 0.25) is 0 Å².